The first kappa shape index (κ1) is 19.0. The lowest BCUT2D eigenvalue weighted by Crippen LogP contribution is -2.31. The van der Waals surface area contributed by atoms with Crippen LogP contribution < -0.4 is 5.32 Å². The van der Waals surface area contributed by atoms with E-state index in [9.17, 15) is 23.2 Å². The van der Waals surface area contributed by atoms with Crippen LogP contribution in [-0.2, 0) is 4.79 Å². The summed E-state index contributed by atoms with van der Waals surface area (Å²) in [7, 11) is 0. The number of rotatable bonds is 7. The van der Waals surface area contributed by atoms with Crippen LogP contribution in [0.5, 0.6) is 0 Å². The van der Waals surface area contributed by atoms with Crippen LogP contribution in [0.3, 0.4) is 0 Å². The van der Waals surface area contributed by atoms with Gasteiger partial charge in [-0.1, -0.05) is 23.9 Å². The lowest BCUT2D eigenvalue weighted by molar-refractivity contribution is -0.116. The Morgan fingerprint density at radius 2 is 1.59 bits per heavy atom. The number of hydrogen-bond acceptors (Lipinski definition) is 4. The van der Waals surface area contributed by atoms with E-state index in [1.54, 1.807) is 36.4 Å². The zero-order valence-electron chi connectivity index (χ0n) is 14.2. The first-order chi connectivity index (χ1) is 13.0. The van der Waals surface area contributed by atoms with E-state index >= 15 is 0 Å². The highest BCUT2D eigenvalue weighted by Gasteiger charge is 2.34. The molecule has 2 aromatic carbocycles. The Morgan fingerprint density at radius 3 is 2.15 bits per heavy atom. The molecule has 8 heteroatoms. The second-order valence-corrected chi connectivity index (χ2v) is 6.93. The highest BCUT2D eigenvalue weighted by atomic mass is 32.2. The van der Waals surface area contributed by atoms with Crippen LogP contribution in [0.15, 0.2) is 53.4 Å². The van der Waals surface area contributed by atoms with E-state index in [4.69, 9.17) is 0 Å². The third-order valence-corrected chi connectivity index (χ3v) is 4.75. The summed E-state index contributed by atoms with van der Waals surface area (Å²) in [5.41, 5.74) is 1.27. The molecule has 1 heterocycles. The number of hydrogen-bond donors (Lipinski definition) is 1. The molecule has 0 saturated carbocycles. The zero-order valence-corrected chi connectivity index (χ0v) is 15.0. The number of fused-ring (bicyclic) bond motifs is 1. The molecule has 0 unspecified atom stereocenters. The van der Waals surface area contributed by atoms with Gasteiger partial charge in [-0.25, -0.2) is 0 Å². The van der Waals surface area contributed by atoms with Crippen molar-refractivity contribution in [3.05, 3.63) is 59.7 Å². The number of anilines is 1. The minimum absolute atomic E-state index is 0.126. The average molecular weight is 390 g/mol. The Bertz CT molecular complexity index is 837. The molecule has 0 fully saturated rings. The summed E-state index contributed by atoms with van der Waals surface area (Å²) in [6, 6.07) is 12.7. The number of halogens is 2. The summed E-state index contributed by atoms with van der Waals surface area (Å²) >= 11 is 0.434. The highest BCUT2D eigenvalue weighted by Crippen LogP contribution is 2.26. The fourth-order valence-electron chi connectivity index (χ4n) is 2.78. The smallest absolute Gasteiger partial charge is 0.288 e. The number of carbonyl (C=O) groups excluding carboxylic acids is 3. The van der Waals surface area contributed by atoms with Gasteiger partial charge in [-0.15, -0.1) is 0 Å². The summed E-state index contributed by atoms with van der Waals surface area (Å²) < 4.78 is 24.6. The summed E-state index contributed by atoms with van der Waals surface area (Å²) in [6.07, 6.45) is 0.456. The summed E-state index contributed by atoms with van der Waals surface area (Å²) in [5, 5.41) is 2.66. The number of carbonyl (C=O) groups is 3. The van der Waals surface area contributed by atoms with Gasteiger partial charge < -0.3 is 5.32 Å². The number of nitrogens with one attached hydrogen (secondary N) is 1. The van der Waals surface area contributed by atoms with Crippen molar-refractivity contribution >= 4 is 35.2 Å². The maximum absolute atomic E-state index is 12.3. The second-order valence-electron chi connectivity index (χ2n) is 5.86. The molecule has 3 amide bonds. The Morgan fingerprint density at radius 1 is 1.00 bits per heavy atom. The van der Waals surface area contributed by atoms with Gasteiger partial charge in [0, 0.05) is 23.5 Å². The van der Waals surface area contributed by atoms with Crippen LogP contribution in [-0.4, -0.2) is 34.9 Å². The van der Waals surface area contributed by atoms with Gasteiger partial charge in [-0.3, -0.25) is 19.3 Å². The molecule has 1 aliphatic heterocycles. The molecule has 0 bridgehead atoms. The summed E-state index contributed by atoms with van der Waals surface area (Å²) in [4.78, 5) is 38.0. The quantitative estimate of drug-likeness (QED) is 0.573. The van der Waals surface area contributed by atoms with Gasteiger partial charge in [0.05, 0.1) is 11.1 Å². The SMILES string of the molecule is O=C(CCCN1C(=O)c2ccccc2C1=O)Nc1ccc(SC(F)F)cc1. The van der Waals surface area contributed by atoms with Crippen molar-refractivity contribution in [1.82, 2.24) is 4.90 Å². The topological polar surface area (TPSA) is 66.5 Å². The van der Waals surface area contributed by atoms with Crippen molar-refractivity contribution in [2.45, 2.75) is 23.5 Å². The van der Waals surface area contributed by atoms with Crippen molar-refractivity contribution < 1.29 is 23.2 Å². The van der Waals surface area contributed by atoms with Gasteiger partial charge in [-0.05, 0) is 42.8 Å². The van der Waals surface area contributed by atoms with E-state index in [1.165, 1.54) is 12.1 Å². The van der Waals surface area contributed by atoms with Crippen molar-refractivity contribution in [1.29, 1.82) is 0 Å². The maximum atomic E-state index is 12.3. The van der Waals surface area contributed by atoms with Crippen molar-refractivity contribution in [2.75, 3.05) is 11.9 Å². The monoisotopic (exact) mass is 390 g/mol. The molecule has 0 saturated heterocycles. The van der Waals surface area contributed by atoms with E-state index in [2.05, 4.69) is 5.32 Å². The highest BCUT2D eigenvalue weighted by molar-refractivity contribution is 7.99. The number of benzene rings is 2. The number of alkyl halides is 2. The van der Waals surface area contributed by atoms with Gasteiger partial charge >= 0.3 is 0 Å². The minimum atomic E-state index is -2.49. The van der Waals surface area contributed by atoms with Crippen LogP contribution in [0.1, 0.15) is 33.6 Å². The third-order valence-electron chi connectivity index (χ3n) is 4.03. The van der Waals surface area contributed by atoms with E-state index in [0.29, 0.717) is 39.9 Å². The van der Waals surface area contributed by atoms with E-state index in [0.717, 1.165) is 4.90 Å². The maximum Gasteiger partial charge on any atom is 0.288 e. The lowest BCUT2D eigenvalue weighted by Gasteiger charge is -2.13. The van der Waals surface area contributed by atoms with Gasteiger partial charge in [-0.2, -0.15) is 8.78 Å². The number of nitrogens with zero attached hydrogens (tertiary/aromatic N) is 1. The molecule has 0 aliphatic carbocycles. The van der Waals surface area contributed by atoms with Crippen LogP contribution >= 0.6 is 11.8 Å². The predicted octanol–water partition coefficient (Wildman–Crippen LogP) is 4.02. The molecule has 3 rings (SSSR count). The molecule has 27 heavy (non-hydrogen) atoms. The van der Waals surface area contributed by atoms with Crippen LogP contribution in [0.25, 0.3) is 0 Å². The minimum Gasteiger partial charge on any atom is -0.326 e. The second kappa shape index (κ2) is 8.30. The molecule has 0 aromatic heterocycles. The lowest BCUT2D eigenvalue weighted by atomic mass is 10.1. The molecule has 1 aliphatic rings. The Balaban J connectivity index is 1.48. The Hall–Kier alpha value is -2.74. The average Bonchev–Trinajstić information content (AvgIpc) is 2.88. The van der Waals surface area contributed by atoms with E-state index in [1.807, 2.05) is 0 Å². The van der Waals surface area contributed by atoms with Gasteiger partial charge in [0.1, 0.15) is 0 Å². The van der Waals surface area contributed by atoms with Crippen LogP contribution in [0, 0.1) is 0 Å². The fraction of sp³-hybridized carbons (Fsp3) is 0.211. The number of amides is 3. The Kier molecular flexibility index (Phi) is 5.85. The van der Waals surface area contributed by atoms with Gasteiger partial charge in [0.15, 0.2) is 0 Å². The molecule has 140 valence electrons. The molecule has 5 nitrogen and oxygen atoms in total. The van der Waals surface area contributed by atoms with Crippen LogP contribution in [0.4, 0.5) is 14.5 Å². The summed E-state index contributed by atoms with van der Waals surface area (Å²) in [5.74, 6) is -3.46. The Labute approximate surface area is 158 Å². The van der Waals surface area contributed by atoms with Gasteiger partial charge in [0.25, 0.3) is 17.6 Å². The first-order valence-corrected chi connectivity index (χ1v) is 9.13. The van der Waals surface area contributed by atoms with Crippen molar-refractivity contribution in [3.63, 3.8) is 0 Å². The molecule has 0 radical (unpaired) electrons. The summed E-state index contributed by atoms with van der Waals surface area (Å²) in [6.45, 7) is 0.156. The predicted molar refractivity (Wildman–Crippen MR) is 98.0 cm³/mol. The van der Waals surface area contributed by atoms with Crippen molar-refractivity contribution in [3.8, 4) is 0 Å². The molecule has 2 aromatic rings. The molecular formula is C19H16F2N2O3S. The van der Waals surface area contributed by atoms with Crippen molar-refractivity contribution in [2.24, 2.45) is 0 Å². The molecule has 1 N–H and O–H groups in total. The number of imide groups is 1. The van der Waals surface area contributed by atoms with Gasteiger partial charge in [0.2, 0.25) is 5.91 Å². The normalized spacial score (nSPS) is 13.2. The van der Waals surface area contributed by atoms with E-state index in [-0.39, 0.29) is 30.7 Å². The number of thioether (sulfide) groups is 1. The standard InChI is InChI=1S/C19H16F2N2O3S/c20-19(21)27-13-9-7-12(8-10-13)22-16(24)6-3-11-23-17(25)14-4-1-2-5-15(14)18(23)26/h1-2,4-5,7-10,19H,3,6,11H2,(H,22,24). The fourth-order valence-corrected chi connectivity index (χ4v) is 3.28. The molecular weight excluding hydrogens is 374 g/mol. The largest absolute Gasteiger partial charge is 0.326 e. The van der Waals surface area contributed by atoms with E-state index < -0.39 is 5.76 Å². The first-order valence-electron chi connectivity index (χ1n) is 8.25. The van der Waals surface area contributed by atoms with Crippen LogP contribution in [0.2, 0.25) is 0 Å². The third kappa shape index (κ3) is 4.51. The molecule has 0 spiro atoms. The zero-order chi connectivity index (χ0) is 19.4. The molecule has 0 atom stereocenters.